The van der Waals surface area contributed by atoms with Crippen LogP contribution in [0.25, 0.3) is 16.9 Å². The number of ether oxygens (including phenoxy) is 1. The van der Waals surface area contributed by atoms with Crippen molar-refractivity contribution in [3.05, 3.63) is 35.2 Å². The highest BCUT2D eigenvalue weighted by molar-refractivity contribution is 7.08. The molecule has 0 saturated heterocycles. The molecule has 120 valence electrons. The molecule has 1 aliphatic rings. The minimum absolute atomic E-state index is 0.464. The van der Waals surface area contributed by atoms with Crippen LogP contribution in [0.2, 0.25) is 0 Å². The first-order valence-electron chi connectivity index (χ1n) is 8.13. The van der Waals surface area contributed by atoms with Crippen LogP contribution in [-0.4, -0.2) is 33.9 Å². The van der Waals surface area contributed by atoms with E-state index < -0.39 is 0 Å². The van der Waals surface area contributed by atoms with Crippen LogP contribution in [0.15, 0.2) is 35.2 Å². The minimum Gasteiger partial charge on any atom is -0.376 e. The Morgan fingerprint density at radius 3 is 3.00 bits per heavy atom. The average Bonchev–Trinajstić information content (AvgIpc) is 3.31. The van der Waals surface area contributed by atoms with Gasteiger partial charge in [0.25, 0.3) is 0 Å². The molecule has 23 heavy (non-hydrogen) atoms. The first-order chi connectivity index (χ1) is 11.4. The summed E-state index contributed by atoms with van der Waals surface area (Å²) < 4.78 is 7.76. The van der Waals surface area contributed by atoms with Gasteiger partial charge < -0.3 is 10.1 Å². The van der Waals surface area contributed by atoms with Crippen molar-refractivity contribution < 1.29 is 4.74 Å². The number of nitrogens with zero attached hydrogens (tertiary/aromatic N) is 3. The summed E-state index contributed by atoms with van der Waals surface area (Å²) in [7, 11) is 0. The molecular weight excluding hydrogens is 308 g/mol. The molecule has 1 fully saturated rings. The van der Waals surface area contributed by atoms with Crippen molar-refractivity contribution in [1.82, 2.24) is 14.6 Å². The lowest BCUT2D eigenvalue weighted by Crippen LogP contribution is -2.16. The number of aromatic nitrogens is 3. The van der Waals surface area contributed by atoms with Crippen LogP contribution >= 0.6 is 11.3 Å². The molecule has 0 unspecified atom stereocenters. The van der Waals surface area contributed by atoms with Crippen LogP contribution in [-0.2, 0) is 4.74 Å². The molecule has 0 spiro atoms. The molecular formula is C17H20N4OS. The van der Waals surface area contributed by atoms with Crippen LogP contribution in [0.3, 0.4) is 0 Å². The average molecular weight is 328 g/mol. The van der Waals surface area contributed by atoms with Crippen LogP contribution in [0, 0.1) is 0 Å². The SMILES string of the molecule is c1cc(-c2cnc3ccc(NCCOC4CCCC4)nn23)cs1. The lowest BCUT2D eigenvalue weighted by atomic mass is 10.3. The molecule has 0 atom stereocenters. The Kier molecular flexibility index (Phi) is 4.26. The number of rotatable bonds is 6. The highest BCUT2D eigenvalue weighted by Gasteiger charge is 2.14. The van der Waals surface area contributed by atoms with E-state index >= 15 is 0 Å². The molecule has 0 bridgehead atoms. The molecule has 1 saturated carbocycles. The predicted octanol–water partition coefficient (Wildman–Crippen LogP) is 3.83. The Hall–Kier alpha value is -1.92. The first-order valence-corrected chi connectivity index (χ1v) is 9.07. The van der Waals surface area contributed by atoms with Crippen LogP contribution in [0.5, 0.6) is 0 Å². The van der Waals surface area contributed by atoms with Gasteiger partial charge in [0, 0.05) is 17.5 Å². The number of imidazole rings is 1. The largest absolute Gasteiger partial charge is 0.376 e. The summed E-state index contributed by atoms with van der Waals surface area (Å²) in [6.45, 7) is 1.50. The normalized spacial score (nSPS) is 15.5. The fourth-order valence-corrected chi connectivity index (χ4v) is 3.68. The van der Waals surface area contributed by atoms with Crippen molar-refractivity contribution in [3.63, 3.8) is 0 Å². The Morgan fingerprint density at radius 2 is 2.17 bits per heavy atom. The summed E-state index contributed by atoms with van der Waals surface area (Å²) in [4.78, 5) is 4.42. The van der Waals surface area contributed by atoms with Gasteiger partial charge in [-0.1, -0.05) is 12.8 Å². The van der Waals surface area contributed by atoms with Crippen LogP contribution in [0.4, 0.5) is 5.82 Å². The van der Waals surface area contributed by atoms with Gasteiger partial charge in [-0.25, -0.2) is 9.50 Å². The number of hydrogen-bond acceptors (Lipinski definition) is 5. The van der Waals surface area contributed by atoms with E-state index in [0.717, 1.165) is 35.9 Å². The summed E-state index contributed by atoms with van der Waals surface area (Å²) >= 11 is 1.68. The van der Waals surface area contributed by atoms with E-state index in [1.54, 1.807) is 11.3 Å². The maximum absolute atomic E-state index is 5.87. The van der Waals surface area contributed by atoms with Gasteiger partial charge in [-0.3, -0.25) is 0 Å². The fraction of sp³-hybridized carbons (Fsp3) is 0.412. The maximum Gasteiger partial charge on any atom is 0.154 e. The molecule has 3 aromatic heterocycles. The van der Waals surface area contributed by atoms with E-state index in [0.29, 0.717) is 6.10 Å². The zero-order chi connectivity index (χ0) is 15.5. The van der Waals surface area contributed by atoms with Gasteiger partial charge >= 0.3 is 0 Å². The molecule has 0 radical (unpaired) electrons. The van der Waals surface area contributed by atoms with E-state index in [9.17, 15) is 0 Å². The maximum atomic E-state index is 5.87. The molecule has 3 aromatic rings. The minimum atomic E-state index is 0.464. The van der Waals surface area contributed by atoms with Gasteiger partial charge in [-0.05, 0) is 36.4 Å². The van der Waals surface area contributed by atoms with Crippen LogP contribution < -0.4 is 5.32 Å². The van der Waals surface area contributed by atoms with Crippen LogP contribution in [0.1, 0.15) is 25.7 Å². The third-order valence-corrected chi connectivity index (χ3v) is 4.93. The number of thiophene rings is 1. The van der Waals surface area contributed by atoms with Crippen molar-refractivity contribution >= 4 is 22.8 Å². The molecule has 0 aromatic carbocycles. The van der Waals surface area contributed by atoms with E-state index in [1.807, 2.05) is 22.8 Å². The Labute approximate surface area is 139 Å². The predicted molar refractivity (Wildman–Crippen MR) is 93.0 cm³/mol. The van der Waals surface area contributed by atoms with Gasteiger partial charge in [-0.2, -0.15) is 11.3 Å². The van der Waals surface area contributed by atoms with Crippen molar-refractivity contribution in [2.45, 2.75) is 31.8 Å². The van der Waals surface area contributed by atoms with Gasteiger partial charge in [0.15, 0.2) is 5.65 Å². The van der Waals surface area contributed by atoms with E-state index in [2.05, 4.69) is 32.2 Å². The van der Waals surface area contributed by atoms with Gasteiger partial charge in [0.05, 0.1) is 24.6 Å². The smallest absolute Gasteiger partial charge is 0.154 e. The third-order valence-electron chi connectivity index (χ3n) is 4.24. The first kappa shape index (κ1) is 14.7. The molecule has 5 nitrogen and oxygen atoms in total. The van der Waals surface area contributed by atoms with E-state index in [4.69, 9.17) is 4.74 Å². The zero-order valence-electron chi connectivity index (χ0n) is 12.9. The second kappa shape index (κ2) is 6.68. The fourth-order valence-electron chi connectivity index (χ4n) is 3.03. The van der Waals surface area contributed by atoms with E-state index in [1.165, 1.54) is 25.7 Å². The Morgan fingerprint density at radius 1 is 1.26 bits per heavy atom. The Balaban J connectivity index is 1.42. The number of hydrogen-bond donors (Lipinski definition) is 1. The molecule has 1 aliphatic carbocycles. The third kappa shape index (κ3) is 3.23. The topological polar surface area (TPSA) is 51.5 Å². The number of fused-ring (bicyclic) bond motifs is 1. The summed E-state index contributed by atoms with van der Waals surface area (Å²) in [6.07, 6.45) is 7.38. The van der Waals surface area contributed by atoms with Gasteiger partial charge in [-0.15, -0.1) is 5.10 Å². The Bertz CT molecular complexity index is 762. The second-order valence-corrected chi connectivity index (χ2v) is 6.63. The summed E-state index contributed by atoms with van der Waals surface area (Å²) in [5.74, 6) is 0.849. The summed E-state index contributed by atoms with van der Waals surface area (Å²) in [5.41, 5.74) is 3.03. The second-order valence-electron chi connectivity index (χ2n) is 5.85. The quantitative estimate of drug-likeness (QED) is 0.699. The summed E-state index contributed by atoms with van der Waals surface area (Å²) in [6, 6.07) is 6.05. The van der Waals surface area contributed by atoms with E-state index in [-0.39, 0.29) is 0 Å². The highest BCUT2D eigenvalue weighted by Crippen LogP contribution is 2.23. The number of anilines is 1. The highest BCUT2D eigenvalue weighted by atomic mass is 32.1. The lowest BCUT2D eigenvalue weighted by molar-refractivity contribution is 0.0658. The lowest BCUT2D eigenvalue weighted by Gasteiger charge is -2.11. The van der Waals surface area contributed by atoms with Gasteiger partial charge in [0.2, 0.25) is 0 Å². The van der Waals surface area contributed by atoms with Gasteiger partial charge in [0.1, 0.15) is 5.82 Å². The zero-order valence-corrected chi connectivity index (χ0v) is 13.8. The van der Waals surface area contributed by atoms with Crippen molar-refractivity contribution in [2.24, 2.45) is 0 Å². The molecule has 6 heteroatoms. The molecule has 3 heterocycles. The summed E-state index contributed by atoms with van der Waals surface area (Å²) in [5, 5.41) is 12.2. The van der Waals surface area contributed by atoms with Crippen molar-refractivity contribution in [2.75, 3.05) is 18.5 Å². The molecule has 4 rings (SSSR count). The molecule has 0 amide bonds. The number of nitrogens with one attached hydrogen (secondary N) is 1. The molecule has 0 aliphatic heterocycles. The van der Waals surface area contributed by atoms with Crippen molar-refractivity contribution in [3.8, 4) is 11.3 Å². The monoisotopic (exact) mass is 328 g/mol. The van der Waals surface area contributed by atoms with Crippen molar-refractivity contribution in [1.29, 1.82) is 0 Å². The standard InChI is InChI=1S/C17H20N4OS/c1-2-4-14(3-1)22-9-8-18-16-5-6-17-19-11-15(21(17)20-16)13-7-10-23-12-13/h5-7,10-12,14H,1-4,8-9H2,(H,18,20). The molecule has 1 N–H and O–H groups in total.